The van der Waals surface area contributed by atoms with E-state index in [1.807, 2.05) is 0 Å². The minimum atomic E-state index is 0.874. The lowest BCUT2D eigenvalue weighted by atomic mass is 9.95. The fourth-order valence-corrected chi connectivity index (χ4v) is 2.32. The van der Waals surface area contributed by atoms with Gasteiger partial charge in [0.05, 0.1) is 0 Å². The highest BCUT2D eigenvalue weighted by molar-refractivity contribution is 5.94. The van der Waals surface area contributed by atoms with E-state index >= 15 is 0 Å². The van der Waals surface area contributed by atoms with Crippen LogP contribution in [0.3, 0.4) is 0 Å². The fourth-order valence-electron chi connectivity index (χ4n) is 2.32. The Balaban J connectivity index is 2.19. The Bertz CT molecular complexity index is 535. The zero-order chi connectivity index (χ0) is 10.8. The van der Waals surface area contributed by atoms with Gasteiger partial charge >= 0.3 is 0 Å². The zero-order valence-corrected chi connectivity index (χ0v) is 9.19. The Morgan fingerprint density at radius 2 is 1.81 bits per heavy atom. The summed E-state index contributed by atoms with van der Waals surface area (Å²) in [4.78, 5) is 0. The van der Waals surface area contributed by atoms with E-state index in [4.69, 9.17) is 0 Å². The van der Waals surface area contributed by atoms with Crippen LogP contribution in [0.5, 0.6) is 0 Å². The smallest absolute Gasteiger partial charge is 0.0320 e. The van der Waals surface area contributed by atoms with Crippen molar-refractivity contribution in [1.82, 2.24) is 5.32 Å². The molecule has 2 aromatic carbocycles. The lowest BCUT2D eigenvalue weighted by molar-refractivity contribution is 0.723. The first-order valence-electron chi connectivity index (χ1n) is 5.75. The molecule has 0 bridgehead atoms. The molecule has 1 heterocycles. The number of benzene rings is 2. The molecule has 0 unspecified atom stereocenters. The molecule has 79 valence electrons. The average Bonchev–Trinajstić information content (AvgIpc) is 2.39. The van der Waals surface area contributed by atoms with Crippen molar-refractivity contribution in [1.29, 1.82) is 0 Å². The van der Waals surface area contributed by atoms with Crippen LogP contribution < -0.4 is 5.32 Å². The molecule has 0 amide bonds. The molecule has 0 fully saturated rings. The highest BCUT2D eigenvalue weighted by atomic mass is 14.8. The molecule has 2 aromatic rings. The van der Waals surface area contributed by atoms with Crippen molar-refractivity contribution in [2.75, 3.05) is 13.1 Å². The lowest BCUT2D eigenvalue weighted by Gasteiger charge is -2.15. The SMILES string of the molecule is C1=C(c2cccc3ccccc23)CC[N]C1. The molecule has 0 spiro atoms. The summed E-state index contributed by atoms with van der Waals surface area (Å²) in [6, 6.07) is 15.1. The van der Waals surface area contributed by atoms with Gasteiger partial charge in [0, 0.05) is 13.1 Å². The van der Waals surface area contributed by atoms with Gasteiger partial charge in [0.25, 0.3) is 0 Å². The fraction of sp³-hybridized carbons (Fsp3) is 0.200. The van der Waals surface area contributed by atoms with Gasteiger partial charge in [-0.15, -0.1) is 0 Å². The van der Waals surface area contributed by atoms with Crippen molar-refractivity contribution in [2.24, 2.45) is 0 Å². The summed E-state index contributed by atoms with van der Waals surface area (Å²) in [5.41, 5.74) is 2.83. The molecule has 1 radical (unpaired) electrons. The largest absolute Gasteiger partial charge is 0.237 e. The maximum Gasteiger partial charge on any atom is 0.0320 e. The maximum atomic E-state index is 4.36. The second-order valence-corrected chi connectivity index (χ2v) is 4.14. The number of nitrogens with zero attached hydrogens (tertiary/aromatic N) is 1. The molecule has 1 heteroatoms. The predicted molar refractivity (Wildman–Crippen MR) is 68.4 cm³/mol. The number of hydrogen-bond donors (Lipinski definition) is 0. The van der Waals surface area contributed by atoms with Gasteiger partial charge in [-0.3, -0.25) is 0 Å². The monoisotopic (exact) mass is 208 g/mol. The summed E-state index contributed by atoms with van der Waals surface area (Å²) in [5.74, 6) is 0. The van der Waals surface area contributed by atoms with Gasteiger partial charge in [0.15, 0.2) is 0 Å². The van der Waals surface area contributed by atoms with Gasteiger partial charge in [-0.1, -0.05) is 48.5 Å². The van der Waals surface area contributed by atoms with Crippen LogP contribution >= 0.6 is 0 Å². The summed E-state index contributed by atoms with van der Waals surface area (Å²) >= 11 is 0. The van der Waals surface area contributed by atoms with E-state index in [0.717, 1.165) is 19.5 Å². The summed E-state index contributed by atoms with van der Waals surface area (Å²) in [7, 11) is 0. The average molecular weight is 208 g/mol. The van der Waals surface area contributed by atoms with Crippen molar-refractivity contribution in [3.05, 3.63) is 54.1 Å². The van der Waals surface area contributed by atoms with E-state index in [0.29, 0.717) is 0 Å². The van der Waals surface area contributed by atoms with Gasteiger partial charge < -0.3 is 0 Å². The van der Waals surface area contributed by atoms with E-state index in [1.165, 1.54) is 21.9 Å². The normalized spacial score (nSPS) is 16.1. The molecule has 0 saturated heterocycles. The van der Waals surface area contributed by atoms with Crippen molar-refractivity contribution < 1.29 is 0 Å². The molecule has 16 heavy (non-hydrogen) atoms. The topological polar surface area (TPSA) is 14.1 Å². The molecule has 1 aliphatic heterocycles. The minimum Gasteiger partial charge on any atom is -0.237 e. The van der Waals surface area contributed by atoms with Crippen LogP contribution in [-0.2, 0) is 0 Å². The standard InChI is InChI=1S/C15H14N/c1-2-6-14-12(4-1)5-3-7-15(14)13-8-10-16-11-9-13/h1-8H,9-11H2. The third kappa shape index (κ3) is 1.63. The van der Waals surface area contributed by atoms with Crippen LogP contribution in [0.2, 0.25) is 0 Å². The van der Waals surface area contributed by atoms with Gasteiger partial charge in [-0.2, -0.15) is 0 Å². The molecule has 0 aromatic heterocycles. The highest BCUT2D eigenvalue weighted by Crippen LogP contribution is 2.27. The second-order valence-electron chi connectivity index (χ2n) is 4.14. The molecule has 0 atom stereocenters. The van der Waals surface area contributed by atoms with E-state index in [-0.39, 0.29) is 0 Å². The van der Waals surface area contributed by atoms with Crippen LogP contribution in [-0.4, -0.2) is 13.1 Å². The maximum absolute atomic E-state index is 4.36. The van der Waals surface area contributed by atoms with Crippen molar-refractivity contribution in [2.45, 2.75) is 6.42 Å². The summed E-state index contributed by atoms with van der Waals surface area (Å²) in [5, 5.41) is 7.04. The third-order valence-corrected chi connectivity index (χ3v) is 3.14. The van der Waals surface area contributed by atoms with E-state index in [1.54, 1.807) is 0 Å². The number of hydrogen-bond acceptors (Lipinski definition) is 0. The molecular weight excluding hydrogens is 194 g/mol. The second kappa shape index (κ2) is 4.11. The Morgan fingerprint density at radius 1 is 0.938 bits per heavy atom. The molecule has 0 aliphatic carbocycles. The Kier molecular flexibility index (Phi) is 2.47. The Hall–Kier alpha value is -1.60. The van der Waals surface area contributed by atoms with Gasteiger partial charge in [0.2, 0.25) is 0 Å². The first-order valence-corrected chi connectivity index (χ1v) is 5.75. The molecule has 0 saturated carbocycles. The zero-order valence-electron chi connectivity index (χ0n) is 9.19. The van der Waals surface area contributed by atoms with Crippen LogP contribution in [0.15, 0.2) is 48.5 Å². The predicted octanol–water partition coefficient (Wildman–Crippen LogP) is 3.23. The van der Waals surface area contributed by atoms with Crippen molar-refractivity contribution >= 4 is 16.3 Å². The quantitative estimate of drug-likeness (QED) is 0.683. The third-order valence-electron chi connectivity index (χ3n) is 3.14. The summed E-state index contributed by atoms with van der Waals surface area (Å²) < 4.78 is 0. The highest BCUT2D eigenvalue weighted by Gasteiger charge is 2.08. The van der Waals surface area contributed by atoms with Crippen LogP contribution in [0.25, 0.3) is 16.3 Å². The minimum absolute atomic E-state index is 0.874. The Labute approximate surface area is 95.8 Å². The number of rotatable bonds is 1. The van der Waals surface area contributed by atoms with Crippen LogP contribution in [0.1, 0.15) is 12.0 Å². The lowest BCUT2D eigenvalue weighted by Crippen LogP contribution is -2.12. The molecule has 1 aliphatic rings. The number of fused-ring (bicyclic) bond motifs is 1. The first kappa shape index (κ1) is 9.61. The van der Waals surface area contributed by atoms with Crippen molar-refractivity contribution in [3.63, 3.8) is 0 Å². The Morgan fingerprint density at radius 3 is 2.69 bits per heavy atom. The molecular formula is C15H14N. The van der Waals surface area contributed by atoms with Crippen molar-refractivity contribution in [3.8, 4) is 0 Å². The van der Waals surface area contributed by atoms with Crippen LogP contribution in [0, 0.1) is 0 Å². The molecule has 1 nitrogen and oxygen atoms in total. The van der Waals surface area contributed by atoms with E-state index in [2.05, 4.69) is 53.9 Å². The van der Waals surface area contributed by atoms with Gasteiger partial charge in [-0.05, 0) is 28.3 Å². The molecule has 0 N–H and O–H groups in total. The summed E-state index contributed by atoms with van der Waals surface area (Å²) in [6.45, 7) is 1.84. The summed E-state index contributed by atoms with van der Waals surface area (Å²) in [6.07, 6.45) is 3.33. The molecule has 3 rings (SSSR count). The first-order chi connectivity index (χ1) is 7.95. The van der Waals surface area contributed by atoms with E-state index < -0.39 is 0 Å². The van der Waals surface area contributed by atoms with Crippen LogP contribution in [0.4, 0.5) is 0 Å². The van der Waals surface area contributed by atoms with Gasteiger partial charge in [-0.25, -0.2) is 5.32 Å². The van der Waals surface area contributed by atoms with E-state index in [9.17, 15) is 0 Å². The van der Waals surface area contributed by atoms with Gasteiger partial charge in [0.1, 0.15) is 0 Å².